The third-order valence-corrected chi connectivity index (χ3v) is 3.54. The molecule has 1 unspecified atom stereocenters. The van der Waals surface area contributed by atoms with Gasteiger partial charge in [-0.2, -0.15) is 0 Å². The summed E-state index contributed by atoms with van der Waals surface area (Å²) in [4.78, 5) is 0. The maximum Gasteiger partial charge on any atom is 0.125 e. The molecule has 2 aromatic carbocycles. The van der Waals surface area contributed by atoms with Gasteiger partial charge in [0.15, 0.2) is 0 Å². The average molecular weight is 228 g/mol. The highest BCUT2D eigenvalue weighted by Crippen LogP contribution is 2.45. The van der Waals surface area contributed by atoms with Crippen LogP contribution in [0.15, 0.2) is 36.4 Å². The molecule has 2 aromatic rings. The van der Waals surface area contributed by atoms with Gasteiger partial charge in [0.1, 0.15) is 5.75 Å². The molecule has 17 heavy (non-hydrogen) atoms. The quantitative estimate of drug-likeness (QED) is 0.749. The zero-order valence-corrected chi connectivity index (χ0v) is 10.1. The van der Waals surface area contributed by atoms with Crippen LogP contribution in [0.1, 0.15) is 25.5 Å². The van der Waals surface area contributed by atoms with Crippen molar-refractivity contribution in [3.05, 3.63) is 42.0 Å². The van der Waals surface area contributed by atoms with Gasteiger partial charge in [-0.05, 0) is 16.8 Å². The maximum absolute atomic E-state index is 10.5. The van der Waals surface area contributed by atoms with Crippen LogP contribution in [-0.2, 0) is 0 Å². The van der Waals surface area contributed by atoms with E-state index in [1.807, 2.05) is 44.2 Å². The highest BCUT2D eigenvalue weighted by atomic mass is 16.5. The van der Waals surface area contributed by atoms with Crippen LogP contribution in [0.4, 0.5) is 0 Å². The summed E-state index contributed by atoms with van der Waals surface area (Å²) in [6.45, 7) is 4.62. The van der Waals surface area contributed by atoms with Crippen LogP contribution in [0.25, 0.3) is 10.8 Å². The van der Waals surface area contributed by atoms with E-state index in [-0.39, 0.29) is 5.41 Å². The van der Waals surface area contributed by atoms with E-state index in [2.05, 4.69) is 6.07 Å². The molecule has 0 saturated heterocycles. The Morgan fingerprint density at radius 1 is 1.18 bits per heavy atom. The van der Waals surface area contributed by atoms with E-state index in [9.17, 15) is 5.11 Å². The minimum atomic E-state index is -0.475. The van der Waals surface area contributed by atoms with E-state index in [4.69, 9.17) is 4.74 Å². The molecule has 0 amide bonds. The maximum atomic E-state index is 10.5. The Kier molecular flexibility index (Phi) is 2.17. The second-order valence-electron chi connectivity index (χ2n) is 5.38. The molecule has 88 valence electrons. The van der Waals surface area contributed by atoms with Crippen molar-refractivity contribution >= 4 is 10.8 Å². The number of ether oxygens (including phenoxy) is 1. The standard InChI is InChI=1S/C15H16O2/c1-15(2)9-17-12-8-7-10-5-3-4-6-11(10)13(12)14(15)16/h3-8,14,16H,9H2,1-2H3. The summed E-state index contributed by atoms with van der Waals surface area (Å²) in [5.74, 6) is 0.815. The van der Waals surface area contributed by atoms with E-state index in [1.54, 1.807) is 0 Å². The first-order valence-electron chi connectivity index (χ1n) is 5.92. The van der Waals surface area contributed by atoms with Gasteiger partial charge in [-0.1, -0.05) is 44.2 Å². The van der Waals surface area contributed by atoms with Crippen LogP contribution in [-0.4, -0.2) is 11.7 Å². The van der Waals surface area contributed by atoms with Crippen LogP contribution in [0.2, 0.25) is 0 Å². The summed E-state index contributed by atoms with van der Waals surface area (Å²) >= 11 is 0. The molecule has 0 fully saturated rings. The van der Waals surface area contributed by atoms with Crippen LogP contribution < -0.4 is 4.74 Å². The van der Waals surface area contributed by atoms with Gasteiger partial charge in [0.25, 0.3) is 0 Å². The Hall–Kier alpha value is -1.54. The number of hydrogen-bond acceptors (Lipinski definition) is 2. The molecular formula is C15H16O2. The fraction of sp³-hybridized carbons (Fsp3) is 0.333. The number of hydrogen-bond donors (Lipinski definition) is 1. The van der Waals surface area contributed by atoms with E-state index >= 15 is 0 Å². The van der Waals surface area contributed by atoms with Crippen LogP contribution in [0.5, 0.6) is 5.75 Å². The van der Waals surface area contributed by atoms with Crippen LogP contribution >= 0.6 is 0 Å². The second kappa shape index (κ2) is 3.47. The first-order chi connectivity index (χ1) is 8.09. The van der Waals surface area contributed by atoms with Crippen molar-refractivity contribution in [1.29, 1.82) is 0 Å². The first-order valence-corrected chi connectivity index (χ1v) is 5.92. The molecule has 2 heteroatoms. The van der Waals surface area contributed by atoms with Crippen molar-refractivity contribution in [2.45, 2.75) is 20.0 Å². The third-order valence-electron chi connectivity index (χ3n) is 3.54. The molecule has 1 aliphatic rings. The molecule has 2 nitrogen and oxygen atoms in total. The lowest BCUT2D eigenvalue weighted by atomic mass is 9.79. The summed E-state index contributed by atoms with van der Waals surface area (Å²) in [5.41, 5.74) is 0.691. The molecule has 3 rings (SSSR count). The smallest absolute Gasteiger partial charge is 0.125 e. The summed E-state index contributed by atoms with van der Waals surface area (Å²) < 4.78 is 5.76. The van der Waals surface area contributed by atoms with Gasteiger partial charge in [0, 0.05) is 11.0 Å². The van der Waals surface area contributed by atoms with Crippen molar-refractivity contribution in [3.63, 3.8) is 0 Å². The van der Waals surface area contributed by atoms with Crippen molar-refractivity contribution in [2.24, 2.45) is 5.41 Å². The number of aliphatic hydroxyl groups excluding tert-OH is 1. The Bertz CT molecular complexity index is 572. The van der Waals surface area contributed by atoms with E-state index in [0.29, 0.717) is 6.61 Å². The van der Waals surface area contributed by atoms with E-state index in [0.717, 1.165) is 22.1 Å². The Balaban J connectivity index is 2.31. The molecule has 1 aliphatic heterocycles. The summed E-state index contributed by atoms with van der Waals surface area (Å²) in [6.07, 6.45) is -0.475. The minimum absolute atomic E-state index is 0.239. The number of benzene rings is 2. The Morgan fingerprint density at radius 2 is 1.94 bits per heavy atom. The van der Waals surface area contributed by atoms with Crippen molar-refractivity contribution < 1.29 is 9.84 Å². The number of fused-ring (bicyclic) bond motifs is 3. The van der Waals surface area contributed by atoms with Crippen molar-refractivity contribution in [2.75, 3.05) is 6.61 Å². The molecule has 0 bridgehead atoms. The fourth-order valence-corrected chi connectivity index (χ4v) is 2.42. The predicted molar refractivity (Wildman–Crippen MR) is 68.2 cm³/mol. The molecular weight excluding hydrogens is 212 g/mol. The Morgan fingerprint density at radius 3 is 2.76 bits per heavy atom. The van der Waals surface area contributed by atoms with Crippen molar-refractivity contribution in [1.82, 2.24) is 0 Å². The lowest BCUT2D eigenvalue weighted by molar-refractivity contribution is -0.00590. The monoisotopic (exact) mass is 228 g/mol. The van der Waals surface area contributed by atoms with E-state index in [1.165, 1.54) is 0 Å². The average Bonchev–Trinajstić information content (AvgIpc) is 2.33. The third kappa shape index (κ3) is 1.52. The highest BCUT2D eigenvalue weighted by Gasteiger charge is 2.37. The Labute approximate surface area is 101 Å². The SMILES string of the molecule is CC1(C)COc2ccc3ccccc3c2C1O. The summed E-state index contributed by atoms with van der Waals surface area (Å²) in [7, 11) is 0. The second-order valence-corrected chi connectivity index (χ2v) is 5.38. The largest absolute Gasteiger partial charge is 0.493 e. The van der Waals surface area contributed by atoms with Gasteiger partial charge >= 0.3 is 0 Å². The zero-order valence-electron chi connectivity index (χ0n) is 10.1. The first kappa shape index (κ1) is 10.6. The molecule has 0 aromatic heterocycles. The number of aliphatic hydroxyl groups is 1. The van der Waals surface area contributed by atoms with Gasteiger partial charge in [-0.3, -0.25) is 0 Å². The molecule has 1 heterocycles. The van der Waals surface area contributed by atoms with Gasteiger partial charge in [-0.15, -0.1) is 0 Å². The van der Waals surface area contributed by atoms with Crippen LogP contribution in [0, 0.1) is 5.41 Å². The van der Waals surface area contributed by atoms with Crippen molar-refractivity contribution in [3.8, 4) is 5.75 Å². The van der Waals surface area contributed by atoms with Gasteiger partial charge < -0.3 is 9.84 Å². The lowest BCUT2D eigenvalue weighted by Gasteiger charge is -2.37. The number of rotatable bonds is 0. The molecule has 0 aliphatic carbocycles. The van der Waals surface area contributed by atoms with Gasteiger partial charge in [-0.25, -0.2) is 0 Å². The lowest BCUT2D eigenvalue weighted by Crippen LogP contribution is -2.33. The predicted octanol–water partition coefficient (Wildman–Crippen LogP) is 3.29. The molecule has 0 spiro atoms. The molecule has 0 radical (unpaired) electrons. The summed E-state index contributed by atoms with van der Waals surface area (Å²) in [6, 6.07) is 12.1. The van der Waals surface area contributed by atoms with E-state index < -0.39 is 6.10 Å². The van der Waals surface area contributed by atoms with Crippen LogP contribution in [0.3, 0.4) is 0 Å². The van der Waals surface area contributed by atoms with Gasteiger partial charge in [0.2, 0.25) is 0 Å². The topological polar surface area (TPSA) is 29.5 Å². The molecule has 1 N–H and O–H groups in total. The minimum Gasteiger partial charge on any atom is -0.493 e. The van der Waals surface area contributed by atoms with Gasteiger partial charge in [0.05, 0.1) is 12.7 Å². The summed E-state index contributed by atoms with van der Waals surface area (Å²) in [5, 5.41) is 12.7. The molecule has 0 saturated carbocycles. The normalized spacial score (nSPS) is 21.9. The zero-order chi connectivity index (χ0) is 12.0. The highest BCUT2D eigenvalue weighted by molar-refractivity contribution is 5.88. The molecule has 1 atom stereocenters. The fourth-order valence-electron chi connectivity index (χ4n) is 2.42.